The number of rotatable bonds is 11. The predicted octanol–water partition coefficient (Wildman–Crippen LogP) is 3.01. The lowest BCUT2D eigenvalue weighted by atomic mass is 10.0. The SMILES string of the molecule is CCNC(=O)[C@H](Cc1ccccc1)N(Cc1cccc(OC)c1)C(=O)CCN1C(=O)c2ccccc2S1(=O)=O. The zero-order valence-corrected chi connectivity index (χ0v) is 22.7. The number of hydrogen-bond donors (Lipinski definition) is 1. The Morgan fingerprint density at radius 1 is 0.974 bits per heavy atom. The summed E-state index contributed by atoms with van der Waals surface area (Å²) >= 11 is 0. The molecule has 39 heavy (non-hydrogen) atoms. The van der Waals surface area contributed by atoms with Crippen LogP contribution in [-0.4, -0.2) is 61.6 Å². The molecule has 3 aromatic carbocycles. The standard InChI is InChI=1S/C29H31N3O6S/c1-3-30-28(34)25(19-21-10-5-4-6-11-21)31(20-22-12-9-13-23(18-22)38-2)27(33)16-17-32-29(35)24-14-7-8-15-26(24)39(32,36)37/h4-15,18,25H,3,16-17,19-20H2,1-2H3,(H,30,34)/t25-/m0/s1. The number of nitrogens with zero attached hydrogens (tertiary/aromatic N) is 2. The van der Waals surface area contributed by atoms with Gasteiger partial charge in [0.25, 0.3) is 15.9 Å². The largest absolute Gasteiger partial charge is 0.497 e. The minimum Gasteiger partial charge on any atom is -0.497 e. The third-order valence-electron chi connectivity index (χ3n) is 6.55. The van der Waals surface area contributed by atoms with Crippen LogP contribution in [-0.2, 0) is 32.6 Å². The normalized spacial score (nSPS) is 14.4. The lowest BCUT2D eigenvalue weighted by Gasteiger charge is -2.32. The van der Waals surface area contributed by atoms with E-state index >= 15 is 0 Å². The molecule has 1 aliphatic rings. The summed E-state index contributed by atoms with van der Waals surface area (Å²) in [6.07, 6.45) is -0.0254. The summed E-state index contributed by atoms with van der Waals surface area (Å²) in [5, 5.41) is 2.82. The molecule has 4 rings (SSSR count). The number of methoxy groups -OCH3 is 1. The first-order valence-corrected chi connectivity index (χ1v) is 14.1. The minimum atomic E-state index is -4.06. The van der Waals surface area contributed by atoms with Crippen molar-refractivity contribution in [2.75, 3.05) is 20.2 Å². The van der Waals surface area contributed by atoms with E-state index in [0.29, 0.717) is 12.3 Å². The first-order valence-electron chi connectivity index (χ1n) is 12.7. The van der Waals surface area contributed by atoms with Crippen molar-refractivity contribution in [3.63, 3.8) is 0 Å². The van der Waals surface area contributed by atoms with Gasteiger partial charge in [-0.3, -0.25) is 14.4 Å². The van der Waals surface area contributed by atoms with Crippen molar-refractivity contribution in [1.29, 1.82) is 0 Å². The van der Waals surface area contributed by atoms with Crippen molar-refractivity contribution in [2.45, 2.75) is 37.2 Å². The molecule has 10 heteroatoms. The highest BCUT2D eigenvalue weighted by Crippen LogP contribution is 2.30. The molecule has 0 saturated heterocycles. The summed E-state index contributed by atoms with van der Waals surface area (Å²) in [5.41, 5.74) is 1.69. The van der Waals surface area contributed by atoms with Gasteiger partial charge < -0.3 is 15.0 Å². The van der Waals surface area contributed by atoms with Crippen LogP contribution in [0.15, 0.2) is 83.8 Å². The van der Waals surface area contributed by atoms with Gasteiger partial charge in [0, 0.05) is 32.5 Å². The van der Waals surface area contributed by atoms with E-state index in [4.69, 9.17) is 4.74 Å². The van der Waals surface area contributed by atoms with E-state index in [9.17, 15) is 22.8 Å². The summed E-state index contributed by atoms with van der Waals surface area (Å²) in [7, 11) is -2.52. The second-order valence-electron chi connectivity index (χ2n) is 9.10. The van der Waals surface area contributed by atoms with Gasteiger partial charge >= 0.3 is 0 Å². The van der Waals surface area contributed by atoms with Gasteiger partial charge in [-0.15, -0.1) is 0 Å². The van der Waals surface area contributed by atoms with Gasteiger partial charge in [0.05, 0.1) is 12.7 Å². The Labute approximate surface area is 228 Å². The number of ether oxygens (including phenoxy) is 1. The molecule has 0 radical (unpaired) electrons. The quantitative estimate of drug-likeness (QED) is 0.394. The summed E-state index contributed by atoms with van der Waals surface area (Å²) in [5.74, 6) is -0.842. The van der Waals surface area contributed by atoms with E-state index in [-0.39, 0.29) is 42.3 Å². The number of benzene rings is 3. The monoisotopic (exact) mass is 549 g/mol. The highest BCUT2D eigenvalue weighted by atomic mass is 32.2. The first kappa shape index (κ1) is 27.8. The molecule has 1 N–H and O–H groups in total. The summed E-state index contributed by atoms with van der Waals surface area (Å²) < 4.78 is 32.1. The zero-order chi connectivity index (χ0) is 28.0. The number of sulfonamides is 1. The molecule has 1 heterocycles. The van der Waals surface area contributed by atoms with Crippen LogP contribution in [0, 0.1) is 0 Å². The fraction of sp³-hybridized carbons (Fsp3) is 0.276. The second kappa shape index (κ2) is 12.1. The van der Waals surface area contributed by atoms with Crippen molar-refractivity contribution in [2.24, 2.45) is 0 Å². The van der Waals surface area contributed by atoms with Gasteiger partial charge in [-0.2, -0.15) is 0 Å². The van der Waals surface area contributed by atoms with Gasteiger partial charge in [0.2, 0.25) is 11.8 Å². The molecule has 1 atom stereocenters. The summed E-state index contributed by atoms with van der Waals surface area (Å²) in [6, 6.07) is 21.6. The average molecular weight is 550 g/mol. The molecule has 0 fully saturated rings. The maximum Gasteiger partial charge on any atom is 0.269 e. The Morgan fingerprint density at radius 2 is 1.67 bits per heavy atom. The molecule has 0 aliphatic carbocycles. The zero-order valence-electron chi connectivity index (χ0n) is 21.9. The third-order valence-corrected chi connectivity index (χ3v) is 8.39. The molecular weight excluding hydrogens is 518 g/mol. The van der Waals surface area contributed by atoms with Crippen molar-refractivity contribution in [3.05, 3.63) is 95.6 Å². The Bertz CT molecular complexity index is 1460. The Morgan fingerprint density at radius 3 is 2.36 bits per heavy atom. The molecule has 0 saturated carbocycles. The van der Waals surface area contributed by atoms with Crippen molar-refractivity contribution < 1.29 is 27.5 Å². The number of likely N-dealkylation sites (N-methyl/N-ethyl adjacent to an activating group) is 1. The van der Waals surface area contributed by atoms with Crippen LogP contribution < -0.4 is 10.1 Å². The van der Waals surface area contributed by atoms with E-state index in [2.05, 4.69) is 5.32 Å². The van der Waals surface area contributed by atoms with Crippen molar-refractivity contribution >= 4 is 27.7 Å². The van der Waals surface area contributed by atoms with Crippen LogP contribution in [0.2, 0.25) is 0 Å². The number of carbonyl (C=O) groups excluding carboxylic acids is 3. The summed E-state index contributed by atoms with van der Waals surface area (Å²) in [6.45, 7) is 1.93. The lowest BCUT2D eigenvalue weighted by molar-refractivity contribution is -0.141. The van der Waals surface area contributed by atoms with Gasteiger partial charge in [-0.1, -0.05) is 54.6 Å². The van der Waals surface area contributed by atoms with Crippen LogP contribution in [0.4, 0.5) is 0 Å². The topological polar surface area (TPSA) is 113 Å². The Hall–Kier alpha value is -4.18. The minimum absolute atomic E-state index is 0.0695. The second-order valence-corrected chi connectivity index (χ2v) is 10.9. The van der Waals surface area contributed by atoms with Crippen LogP contribution in [0.25, 0.3) is 0 Å². The fourth-order valence-corrected chi connectivity index (χ4v) is 6.18. The first-order chi connectivity index (χ1) is 18.8. The van der Waals surface area contributed by atoms with Gasteiger partial charge in [-0.25, -0.2) is 12.7 Å². The molecule has 204 valence electrons. The van der Waals surface area contributed by atoms with Crippen molar-refractivity contribution in [3.8, 4) is 5.75 Å². The van der Waals surface area contributed by atoms with Crippen molar-refractivity contribution in [1.82, 2.24) is 14.5 Å². The van der Waals surface area contributed by atoms with Gasteiger partial charge in [-0.05, 0) is 42.3 Å². The van der Waals surface area contributed by atoms with Crippen LogP contribution >= 0.6 is 0 Å². The van der Waals surface area contributed by atoms with E-state index < -0.39 is 27.9 Å². The molecule has 9 nitrogen and oxygen atoms in total. The Kier molecular flexibility index (Phi) is 8.65. The average Bonchev–Trinajstić information content (AvgIpc) is 3.14. The molecule has 0 bridgehead atoms. The third kappa shape index (κ3) is 6.12. The molecule has 0 unspecified atom stereocenters. The number of amides is 3. The maximum atomic E-state index is 13.8. The number of nitrogens with one attached hydrogen (secondary N) is 1. The van der Waals surface area contributed by atoms with Crippen LogP contribution in [0.1, 0.15) is 34.8 Å². The van der Waals surface area contributed by atoms with E-state index in [0.717, 1.165) is 15.4 Å². The van der Waals surface area contributed by atoms with Crippen LogP contribution in [0.3, 0.4) is 0 Å². The van der Waals surface area contributed by atoms with Gasteiger partial charge in [0.15, 0.2) is 0 Å². The highest BCUT2D eigenvalue weighted by Gasteiger charge is 2.41. The van der Waals surface area contributed by atoms with Gasteiger partial charge in [0.1, 0.15) is 16.7 Å². The smallest absolute Gasteiger partial charge is 0.269 e. The van der Waals surface area contributed by atoms with E-state index in [1.165, 1.54) is 17.0 Å². The number of carbonyl (C=O) groups is 3. The van der Waals surface area contributed by atoms with Crippen LogP contribution in [0.5, 0.6) is 5.75 Å². The highest BCUT2D eigenvalue weighted by molar-refractivity contribution is 7.90. The molecular formula is C29H31N3O6S. The van der Waals surface area contributed by atoms with E-state index in [1.54, 1.807) is 44.4 Å². The maximum absolute atomic E-state index is 13.8. The summed E-state index contributed by atoms with van der Waals surface area (Å²) in [4.78, 5) is 41.3. The number of fused-ring (bicyclic) bond motifs is 1. The molecule has 0 aromatic heterocycles. The Balaban J connectivity index is 1.63. The lowest BCUT2D eigenvalue weighted by Crippen LogP contribution is -2.51. The fourth-order valence-electron chi connectivity index (χ4n) is 4.61. The number of hydrogen-bond acceptors (Lipinski definition) is 6. The molecule has 0 spiro atoms. The molecule has 3 amide bonds. The predicted molar refractivity (Wildman–Crippen MR) is 145 cm³/mol. The molecule has 1 aliphatic heterocycles. The molecule has 3 aromatic rings. The van der Waals surface area contributed by atoms with E-state index in [1.807, 2.05) is 36.4 Å².